The maximum absolute atomic E-state index is 3.80. The first kappa shape index (κ1) is 22.9. The predicted octanol–water partition coefficient (Wildman–Crippen LogP) is 8.16. The van der Waals surface area contributed by atoms with Crippen molar-refractivity contribution < 1.29 is 0 Å². The van der Waals surface area contributed by atoms with Gasteiger partial charge in [0, 0.05) is 25.1 Å². The lowest BCUT2D eigenvalue weighted by atomic mass is 9.86. The van der Waals surface area contributed by atoms with Crippen LogP contribution in [0.2, 0.25) is 0 Å². The van der Waals surface area contributed by atoms with E-state index in [4.69, 9.17) is 0 Å². The molecule has 3 aromatic rings. The van der Waals surface area contributed by atoms with E-state index in [2.05, 4.69) is 108 Å². The molecular weight excluding hydrogens is 498 g/mol. The van der Waals surface area contributed by atoms with E-state index in [1.54, 1.807) is 0 Å². The van der Waals surface area contributed by atoms with Crippen LogP contribution in [0.4, 0.5) is 5.69 Å². The fourth-order valence-corrected chi connectivity index (χ4v) is 6.54. The van der Waals surface area contributed by atoms with Gasteiger partial charge in [-0.15, -0.1) is 11.3 Å². The minimum Gasteiger partial charge on any atom is -0.358 e. The molecule has 34 heavy (non-hydrogen) atoms. The molecule has 0 atom stereocenters. The lowest BCUT2D eigenvalue weighted by Crippen LogP contribution is -2.26. The summed E-state index contributed by atoms with van der Waals surface area (Å²) in [5, 5.41) is 6.55. The highest BCUT2D eigenvalue weighted by Gasteiger charge is 2.20. The molecule has 0 amide bonds. The van der Waals surface area contributed by atoms with Crippen molar-refractivity contribution in [3.05, 3.63) is 122 Å². The molecule has 1 N–H and O–H groups in total. The van der Waals surface area contributed by atoms with Crippen molar-refractivity contribution in [2.24, 2.45) is 0 Å². The van der Waals surface area contributed by atoms with Crippen LogP contribution < -0.4 is 15.1 Å². The van der Waals surface area contributed by atoms with Crippen molar-refractivity contribution in [2.45, 2.75) is 32.6 Å². The quantitative estimate of drug-likeness (QED) is 0.320. The molecule has 0 aliphatic heterocycles. The van der Waals surface area contributed by atoms with Gasteiger partial charge >= 0.3 is 0 Å². The third-order valence-corrected chi connectivity index (χ3v) is 8.20. The molecule has 1 aromatic heterocycles. The molecule has 1 heterocycles. The zero-order chi connectivity index (χ0) is 23.5. The smallest absolute Gasteiger partial charge is 0.0393 e. The Balaban J connectivity index is 1.64. The highest BCUT2D eigenvalue weighted by Crippen LogP contribution is 2.35. The van der Waals surface area contributed by atoms with Crippen LogP contribution in [0.15, 0.2) is 112 Å². The lowest BCUT2D eigenvalue weighted by Gasteiger charge is -2.24. The van der Waals surface area contributed by atoms with Gasteiger partial charge < -0.3 is 5.32 Å². The second kappa shape index (κ2) is 10.2. The van der Waals surface area contributed by atoms with Crippen LogP contribution >= 0.6 is 27.3 Å². The number of nitrogens with one attached hydrogen (secondary N) is 1. The number of halogens is 1. The van der Waals surface area contributed by atoms with Gasteiger partial charge in [0.2, 0.25) is 0 Å². The molecule has 0 fully saturated rings. The van der Waals surface area contributed by atoms with Gasteiger partial charge in [-0.2, -0.15) is 0 Å². The number of thiophene rings is 1. The Hall–Kier alpha value is -2.88. The van der Waals surface area contributed by atoms with E-state index >= 15 is 0 Å². The first-order valence-corrected chi connectivity index (χ1v) is 13.4. The number of benzene rings is 2. The molecule has 1 nitrogen and oxygen atoms in total. The number of allylic oxidation sites excluding steroid dienone is 9. The van der Waals surface area contributed by atoms with Gasteiger partial charge in [0.25, 0.3) is 0 Å². The summed E-state index contributed by atoms with van der Waals surface area (Å²) in [7, 11) is 0. The van der Waals surface area contributed by atoms with E-state index < -0.39 is 0 Å². The summed E-state index contributed by atoms with van der Waals surface area (Å²) in [5.74, 6) is 0. The normalized spacial score (nSPS) is 16.5. The first-order chi connectivity index (χ1) is 16.6. The number of fused-ring (bicyclic) bond motifs is 3. The Morgan fingerprint density at radius 1 is 1.06 bits per heavy atom. The van der Waals surface area contributed by atoms with E-state index in [9.17, 15) is 0 Å². The molecular formula is C31H28BrNS. The standard InChI is InChI=1S/C31H28BrNS/c1-3-4-5-10-21(2)28-19-22(17-18-29(28)33-24-12-8-11-23(32)20-24)25-14-9-15-27-26-13-6-7-16-30(26)34-31(25)27/h3-8,10-13,15-16,19-20,33H,1,9,14,17-18H2,2H3/b5-4-,21-10+. The van der Waals surface area contributed by atoms with Crippen molar-refractivity contribution in [2.75, 3.05) is 5.32 Å². The fraction of sp³-hybridized carbons (Fsp3) is 0.161. The van der Waals surface area contributed by atoms with Crippen molar-refractivity contribution in [1.29, 1.82) is 0 Å². The summed E-state index contributed by atoms with van der Waals surface area (Å²) in [5.41, 5.74) is 7.96. The van der Waals surface area contributed by atoms with Crippen LogP contribution in [0.3, 0.4) is 0 Å². The molecule has 0 bridgehead atoms. The van der Waals surface area contributed by atoms with Crippen LogP contribution in [0.5, 0.6) is 0 Å². The van der Waals surface area contributed by atoms with Crippen LogP contribution in [0.1, 0.15) is 32.6 Å². The van der Waals surface area contributed by atoms with E-state index in [0.29, 0.717) is 0 Å². The van der Waals surface area contributed by atoms with E-state index in [0.717, 1.165) is 35.8 Å². The minimum atomic E-state index is 0.997. The predicted molar refractivity (Wildman–Crippen MR) is 153 cm³/mol. The van der Waals surface area contributed by atoms with Gasteiger partial charge in [0.15, 0.2) is 0 Å². The molecule has 2 aliphatic rings. The first-order valence-electron chi connectivity index (χ1n) is 11.8. The van der Waals surface area contributed by atoms with Gasteiger partial charge in [-0.1, -0.05) is 77.2 Å². The molecule has 0 unspecified atom stereocenters. The molecule has 0 radical (unpaired) electrons. The number of hydrogen-bond acceptors (Lipinski definition) is 2. The second-order valence-electron chi connectivity index (χ2n) is 8.73. The van der Waals surface area contributed by atoms with Gasteiger partial charge in [0.05, 0.1) is 0 Å². The zero-order valence-corrected chi connectivity index (χ0v) is 21.8. The second-order valence-corrected chi connectivity index (χ2v) is 10.7. The summed E-state index contributed by atoms with van der Waals surface area (Å²) < 4.78 is 3.94. The molecule has 3 heteroatoms. The van der Waals surface area contributed by atoms with E-state index in [-0.39, 0.29) is 0 Å². The Morgan fingerprint density at radius 3 is 2.79 bits per heavy atom. The Kier molecular flexibility index (Phi) is 6.85. The average molecular weight is 527 g/mol. The fourth-order valence-electron chi connectivity index (χ4n) is 4.83. The van der Waals surface area contributed by atoms with Gasteiger partial charge in [-0.25, -0.2) is 0 Å². The van der Waals surface area contributed by atoms with Gasteiger partial charge in [-0.05, 0) is 95.8 Å². The summed E-state index contributed by atoms with van der Waals surface area (Å²) >= 11 is 5.55. The van der Waals surface area contributed by atoms with Crippen LogP contribution in [-0.2, 0) is 0 Å². The van der Waals surface area contributed by atoms with E-state index in [1.807, 2.05) is 23.5 Å². The molecule has 0 saturated heterocycles. The monoisotopic (exact) mass is 525 g/mol. The Labute approximate surface area is 214 Å². The number of hydrogen-bond donors (Lipinski definition) is 1. The highest BCUT2D eigenvalue weighted by atomic mass is 79.9. The highest BCUT2D eigenvalue weighted by molar-refractivity contribution is 9.10. The average Bonchev–Trinajstić information content (AvgIpc) is 3.23. The summed E-state index contributed by atoms with van der Waals surface area (Å²) in [6.07, 6.45) is 17.2. The van der Waals surface area contributed by atoms with Crippen molar-refractivity contribution in [1.82, 2.24) is 0 Å². The largest absolute Gasteiger partial charge is 0.358 e. The van der Waals surface area contributed by atoms with Crippen molar-refractivity contribution in [3.8, 4) is 0 Å². The lowest BCUT2D eigenvalue weighted by molar-refractivity contribution is 0.902. The van der Waals surface area contributed by atoms with Crippen molar-refractivity contribution in [3.63, 3.8) is 0 Å². The summed E-state index contributed by atoms with van der Waals surface area (Å²) in [6.45, 7) is 6.00. The number of rotatable bonds is 6. The maximum Gasteiger partial charge on any atom is 0.0393 e. The third kappa shape index (κ3) is 4.68. The van der Waals surface area contributed by atoms with Crippen LogP contribution in [0, 0.1) is 0 Å². The SMILES string of the molecule is C=C/C=C\C=C(/C)C1=C(Nc2cccc(Br)c2)CCC(C2=c3sc4ccccc4c3=CCC2)=C1. The van der Waals surface area contributed by atoms with E-state index in [1.165, 1.54) is 47.8 Å². The molecule has 5 rings (SSSR count). The summed E-state index contributed by atoms with van der Waals surface area (Å²) in [6, 6.07) is 17.2. The molecule has 170 valence electrons. The van der Waals surface area contributed by atoms with Gasteiger partial charge in [0.1, 0.15) is 0 Å². The summed E-state index contributed by atoms with van der Waals surface area (Å²) in [4.78, 5) is 0. The number of anilines is 1. The van der Waals surface area contributed by atoms with Crippen molar-refractivity contribution >= 4 is 54.7 Å². The topological polar surface area (TPSA) is 12.0 Å². The Bertz CT molecular complexity index is 1510. The molecule has 0 saturated carbocycles. The maximum atomic E-state index is 3.80. The van der Waals surface area contributed by atoms with Crippen LogP contribution in [0.25, 0.3) is 21.7 Å². The minimum absolute atomic E-state index is 0.997. The Morgan fingerprint density at radius 2 is 1.94 bits per heavy atom. The third-order valence-electron chi connectivity index (χ3n) is 6.46. The molecule has 2 aliphatic carbocycles. The zero-order valence-electron chi connectivity index (χ0n) is 19.4. The molecule has 2 aromatic carbocycles. The van der Waals surface area contributed by atoms with Crippen LogP contribution in [-0.4, -0.2) is 0 Å². The van der Waals surface area contributed by atoms with Gasteiger partial charge in [-0.3, -0.25) is 0 Å². The molecule has 0 spiro atoms.